The van der Waals surface area contributed by atoms with Crippen molar-refractivity contribution in [3.05, 3.63) is 54.4 Å². The zero-order chi connectivity index (χ0) is 12.5. The van der Waals surface area contributed by atoms with Gasteiger partial charge in [0.05, 0.1) is 5.69 Å². The Hall–Kier alpha value is -2.36. The fourth-order valence-corrected chi connectivity index (χ4v) is 2.24. The number of anilines is 2. The summed E-state index contributed by atoms with van der Waals surface area (Å²) in [5.74, 6) is 0.0556. The van der Waals surface area contributed by atoms with Gasteiger partial charge in [0.1, 0.15) is 6.04 Å². The zero-order valence-electron chi connectivity index (χ0n) is 10.00. The lowest BCUT2D eigenvalue weighted by molar-refractivity contribution is -0.118. The first-order valence-electron chi connectivity index (χ1n) is 5.80. The quantitative estimate of drug-likeness (QED) is 0.874. The molecule has 1 aromatic heterocycles. The van der Waals surface area contributed by atoms with Gasteiger partial charge in [0, 0.05) is 30.7 Å². The molecule has 2 heterocycles. The van der Waals surface area contributed by atoms with Crippen LogP contribution in [-0.4, -0.2) is 17.9 Å². The van der Waals surface area contributed by atoms with E-state index in [1.54, 1.807) is 24.3 Å². The molecule has 2 aromatic rings. The molecule has 1 aromatic carbocycles. The lowest BCUT2D eigenvalue weighted by Crippen LogP contribution is -2.27. The second-order valence-corrected chi connectivity index (χ2v) is 4.28. The number of amides is 1. The summed E-state index contributed by atoms with van der Waals surface area (Å²) in [7, 11) is 1.80. The van der Waals surface area contributed by atoms with Gasteiger partial charge in [-0.25, -0.2) is 0 Å². The molecular formula is C14H13N3O. The molecule has 1 aliphatic rings. The number of nitrogens with zero attached hydrogens (tertiary/aromatic N) is 2. The molecule has 0 aliphatic carbocycles. The number of carbonyl (C=O) groups is 1. The SMILES string of the molecule is CN1C(=O)C(Nc2cccnc2)c2ccccc21. The van der Waals surface area contributed by atoms with E-state index in [4.69, 9.17) is 0 Å². The number of nitrogens with one attached hydrogen (secondary N) is 1. The van der Waals surface area contributed by atoms with E-state index in [9.17, 15) is 4.79 Å². The number of para-hydroxylation sites is 1. The van der Waals surface area contributed by atoms with E-state index in [-0.39, 0.29) is 11.9 Å². The van der Waals surface area contributed by atoms with Gasteiger partial charge in [-0.1, -0.05) is 18.2 Å². The van der Waals surface area contributed by atoms with Gasteiger partial charge in [-0.3, -0.25) is 9.78 Å². The lowest BCUT2D eigenvalue weighted by atomic mass is 10.1. The summed E-state index contributed by atoms with van der Waals surface area (Å²) in [6.45, 7) is 0. The van der Waals surface area contributed by atoms with Crippen molar-refractivity contribution in [1.29, 1.82) is 0 Å². The average Bonchev–Trinajstić information content (AvgIpc) is 2.66. The van der Waals surface area contributed by atoms with Crippen LogP contribution in [-0.2, 0) is 4.79 Å². The van der Waals surface area contributed by atoms with E-state index in [1.165, 1.54) is 0 Å². The van der Waals surface area contributed by atoms with Crippen molar-refractivity contribution in [3.8, 4) is 0 Å². The number of hydrogen-bond acceptors (Lipinski definition) is 3. The van der Waals surface area contributed by atoms with Gasteiger partial charge in [0.2, 0.25) is 0 Å². The van der Waals surface area contributed by atoms with Crippen LogP contribution in [0.15, 0.2) is 48.8 Å². The maximum absolute atomic E-state index is 12.2. The highest BCUT2D eigenvalue weighted by atomic mass is 16.2. The molecule has 0 fully saturated rings. The second kappa shape index (κ2) is 4.14. The van der Waals surface area contributed by atoms with Crippen molar-refractivity contribution in [2.24, 2.45) is 0 Å². The molecule has 0 saturated heterocycles. The van der Waals surface area contributed by atoms with E-state index < -0.39 is 0 Å². The molecule has 90 valence electrons. The van der Waals surface area contributed by atoms with Crippen molar-refractivity contribution in [1.82, 2.24) is 4.98 Å². The number of pyridine rings is 1. The summed E-state index contributed by atoms with van der Waals surface area (Å²) in [6.07, 6.45) is 3.43. The number of rotatable bonds is 2. The minimum atomic E-state index is -0.324. The first-order valence-corrected chi connectivity index (χ1v) is 5.80. The predicted molar refractivity (Wildman–Crippen MR) is 70.5 cm³/mol. The zero-order valence-corrected chi connectivity index (χ0v) is 10.00. The Morgan fingerprint density at radius 3 is 2.83 bits per heavy atom. The highest BCUT2D eigenvalue weighted by Crippen LogP contribution is 2.36. The van der Waals surface area contributed by atoms with Crippen LogP contribution in [0.3, 0.4) is 0 Å². The molecule has 1 amide bonds. The molecule has 3 rings (SSSR count). The van der Waals surface area contributed by atoms with Crippen LogP contribution in [0.2, 0.25) is 0 Å². The molecule has 1 atom stereocenters. The highest BCUT2D eigenvalue weighted by molar-refractivity contribution is 6.05. The van der Waals surface area contributed by atoms with Gasteiger partial charge in [-0.05, 0) is 18.2 Å². The van der Waals surface area contributed by atoms with Crippen LogP contribution in [0.5, 0.6) is 0 Å². The summed E-state index contributed by atoms with van der Waals surface area (Å²) in [5, 5.41) is 3.22. The largest absolute Gasteiger partial charge is 0.369 e. The number of fused-ring (bicyclic) bond motifs is 1. The van der Waals surface area contributed by atoms with Gasteiger partial charge >= 0.3 is 0 Å². The second-order valence-electron chi connectivity index (χ2n) is 4.28. The Morgan fingerprint density at radius 1 is 1.22 bits per heavy atom. The summed E-state index contributed by atoms with van der Waals surface area (Å²) in [6, 6.07) is 11.2. The number of hydrogen-bond donors (Lipinski definition) is 1. The van der Waals surface area contributed by atoms with Crippen LogP contribution in [0.4, 0.5) is 11.4 Å². The van der Waals surface area contributed by atoms with Crippen LogP contribution in [0, 0.1) is 0 Å². The monoisotopic (exact) mass is 239 g/mol. The lowest BCUT2D eigenvalue weighted by Gasteiger charge is -2.13. The fraction of sp³-hybridized carbons (Fsp3) is 0.143. The van der Waals surface area contributed by atoms with Crippen molar-refractivity contribution in [3.63, 3.8) is 0 Å². The molecule has 0 bridgehead atoms. The molecule has 1 aliphatic heterocycles. The number of likely N-dealkylation sites (N-methyl/N-ethyl adjacent to an activating group) is 1. The Kier molecular flexibility index (Phi) is 2.48. The minimum Gasteiger partial charge on any atom is -0.369 e. The van der Waals surface area contributed by atoms with Gasteiger partial charge in [-0.2, -0.15) is 0 Å². The molecule has 0 radical (unpaired) electrons. The van der Waals surface area contributed by atoms with Crippen molar-refractivity contribution in [2.45, 2.75) is 6.04 Å². The molecule has 1 N–H and O–H groups in total. The maximum Gasteiger partial charge on any atom is 0.253 e. The van der Waals surface area contributed by atoms with E-state index in [2.05, 4.69) is 10.3 Å². The van der Waals surface area contributed by atoms with Gasteiger partial charge in [0.15, 0.2) is 0 Å². The van der Waals surface area contributed by atoms with Crippen LogP contribution < -0.4 is 10.2 Å². The Morgan fingerprint density at radius 2 is 2.06 bits per heavy atom. The molecule has 4 nitrogen and oxygen atoms in total. The smallest absolute Gasteiger partial charge is 0.253 e. The summed E-state index contributed by atoms with van der Waals surface area (Å²) in [5.41, 5.74) is 2.82. The highest BCUT2D eigenvalue weighted by Gasteiger charge is 2.34. The number of benzene rings is 1. The van der Waals surface area contributed by atoms with Crippen molar-refractivity contribution in [2.75, 3.05) is 17.3 Å². The molecule has 4 heteroatoms. The van der Waals surface area contributed by atoms with E-state index >= 15 is 0 Å². The standard InChI is InChI=1S/C14H13N3O/c1-17-12-7-3-2-6-11(12)13(14(17)18)16-10-5-4-8-15-9-10/h2-9,13,16H,1H3. The predicted octanol–water partition coefficient (Wildman–Crippen LogP) is 2.21. The third-order valence-electron chi connectivity index (χ3n) is 3.16. The third-order valence-corrected chi connectivity index (χ3v) is 3.16. The normalized spacial score (nSPS) is 17.7. The maximum atomic E-state index is 12.2. The van der Waals surface area contributed by atoms with E-state index in [1.807, 2.05) is 36.4 Å². The molecule has 0 spiro atoms. The summed E-state index contributed by atoms with van der Waals surface area (Å²) >= 11 is 0. The molecule has 0 saturated carbocycles. The first kappa shape index (κ1) is 10.8. The fourth-order valence-electron chi connectivity index (χ4n) is 2.24. The average molecular weight is 239 g/mol. The summed E-state index contributed by atoms with van der Waals surface area (Å²) < 4.78 is 0. The van der Waals surface area contributed by atoms with E-state index in [0.29, 0.717) is 0 Å². The first-order chi connectivity index (χ1) is 8.77. The van der Waals surface area contributed by atoms with Crippen LogP contribution >= 0.6 is 0 Å². The third kappa shape index (κ3) is 1.62. The Bertz CT molecular complexity index is 583. The number of aromatic nitrogens is 1. The van der Waals surface area contributed by atoms with Crippen LogP contribution in [0.25, 0.3) is 0 Å². The van der Waals surface area contributed by atoms with Gasteiger partial charge in [0.25, 0.3) is 5.91 Å². The Labute approximate surface area is 105 Å². The number of carbonyl (C=O) groups excluding carboxylic acids is 1. The van der Waals surface area contributed by atoms with Gasteiger partial charge in [-0.15, -0.1) is 0 Å². The molecular weight excluding hydrogens is 226 g/mol. The van der Waals surface area contributed by atoms with Crippen molar-refractivity contribution >= 4 is 17.3 Å². The van der Waals surface area contributed by atoms with Gasteiger partial charge < -0.3 is 10.2 Å². The minimum absolute atomic E-state index is 0.0556. The molecule has 1 unspecified atom stereocenters. The topological polar surface area (TPSA) is 45.2 Å². The summed E-state index contributed by atoms with van der Waals surface area (Å²) in [4.78, 5) is 17.9. The molecule has 18 heavy (non-hydrogen) atoms. The van der Waals surface area contributed by atoms with Crippen LogP contribution in [0.1, 0.15) is 11.6 Å². The van der Waals surface area contributed by atoms with E-state index in [0.717, 1.165) is 16.9 Å². The van der Waals surface area contributed by atoms with Crippen molar-refractivity contribution < 1.29 is 4.79 Å². The Balaban J connectivity index is 1.96.